The number of rotatable bonds is 3. The van der Waals surface area contributed by atoms with Crippen LogP contribution in [0, 0.1) is 0 Å². The Hall–Kier alpha value is -2.55. The van der Waals surface area contributed by atoms with Gasteiger partial charge in [0.05, 0.1) is 0 Å². The lowest BCUT2D eigenvalue weighted by molar-refractivity contribution is -0.128. The number of ether oxygens (including phenoxy) is 1. The van der Waals surface area contributed by atoms with E-state index in [4.69, 9.17) is 4.74 Å². The number of aromatic hydroxyl groups is 1. The summed E-state index contributed by atoms with van der Waals surface area (Å²) in [6, 6.07) is 14.0. The summed E-state index contributed by atoms with van der Waals surface area (Å²) >= 11 is 0. The van der Waals surface area contributed by atoms with Crippen molar-refractivity contribution in [1.29, 1.82) is 0 Å². The number of carbonyl (C=O) groups excluding carboxylic acids is 1. The molecule has 0 atom stereocenters. The smallest absolute Gasteiger partial charge is 0.335 e. The van der Waals surface area contributed by atoms with Crippen molar-refractivity contribution in [2.45, 2.75) is 0 Å². The van der Waals surface area contributed by atoms with E-state index in [0.29, 0.717) is 5.75 Å². The van der Waals surface area contributed by atoms with Gasteiger partial charge in [-0.1, -0.05) is 30.8 Å². The Labute approximate surface area is 105 Å². The van der Waals surface area contributed by atoms with Crippen molar-refractivity contribution < 1.29 is 14.6 Å². The Morgan fingerprint density at radius 1 is 1.00 bits per heavy atom. The quantitative estimate of drug-likeness (QED) is 0.509. The topological polar surface area (TPSA) is 46.5 Å². The summed E-state index contributed by atoms with van der Waals surface area (Å²) in [5.41, 5.74) is 1.96. The predicted octanol–water partition coefficient (Wildman–Crippen LogP) is 3.15. The van der Waals surface area contributed by atoms with Gasteiger partial charge in [0, 0.05) is 6.08 Å². The lowest BCUT2D eigenvalue weighted by Crippen LogP contribution is -2.02. The first-order valence-corrected chi connectivity index (χ1v) is 5.43. The molecule has 2 rings (SSSR count). The minimum Gasteiger partial charge on any atom is -0.508 e. The molecular weight excluding hydrogens is 228 g/mol. The van der Waals surface area contributed by atoms with Gasteiger partial charge in [0.25, 0.3) is 0 Å². The van der Waals surface area contributed by atoms with Crippen LogP contribution in [0.2, 0.25) is 0 Å². The van der Waals surface area contributed by atoms with Crippen LogP contribution in [0.3, 0.4) is 0 Å². The van der Waals surface area contributed by atoms with Gasteiger partial charge in [-0.15, -0.1) is 0 Å². The van der Waals surface area contributed by atoms with Crippen LogP contribution in [-0.4, -0.2) is 11.1 Å². The summed E-state index contributed by atoms with van der Waals surface area (Å²) < 4.78 is 4.98. The van der Waals surface area contributed by atoms with Crippen molar-refractivity contribution in [3.63, 3.8) is 0 Å². The summed E-state index contributed by atoms with van der Waals surface area (Å²) in [6.45, 7) is 3.33. The highest BCUT2D eigenvalue weighted by Gasteiger charge is 2.01. The zero-order valence-electron chi connectivity index (χ0n) is 9.67. The van der Waals surface area contributed by atoms with E-state index >= 15 is 0 Å². The first-order chi connectivity index (χ1) is 8.69. The highest BCUT2D eigenvalue weighted by molar-refractivity contribution is 5.83. The third-order valence-corrected chi connectivity index (χ3v) is 2.44. The fraction of sp³-hybridized carbons (Fsp3) is 0. The molecule has 0 saturated carbocycles. The van der Waals surface area contributed by atoms with E-state index in [1.807, 2.05) is 24.3 Å². The first kappa shape index (κ1) is 11.9. The Morgan fingerprint density at radius 3 is 2.00 bits per heavy atom. The molecule has 2 aromatic carbocycles. The minimum atomic E-state index is -0.479. The second-order valence-corrected chi connectivity index (χ2v) is 3.70. The van der Waals surface area contributed by atoms with E-state index in [2.05, 4.69) is 6.58 Å². The van der Waals surface area contributed by atoms with Crippen molar-refractivity contribution in [3.8, 4) is 22.6 Å². The molecule has 1 N–H and O–H groups in total. The molecule has 3 nitrogen and oxygen atoms in total. The van der Waals surface area contributed by atoms with Crippen LogP contribution in [0.5, 0.6) is 11.5 Å². The van der Waals surface area contributed by atoms with Crippen molar-refractivity contribution >= 4 is 5.97 Å². The van der Waals surface area contributed by atoms with E-state index in [-0.39, 0.29) is 5.75 Å². The second kappa shape index (κ2) is 5.19. The van der Waals surface area contributed by atoms with Gasteiger partial charge in [0.2, 0.25) is 0 Å². The zero-order chi connectivity index (χ0) is 13.0. The molecule has 0 heterocycles. The van der Waals surface area contributed by atoms with Crippen LogP contribution in [-0.2, 0) is 4.79 Å². The molecule has 0 aliphatic rings. The van der Waals surface area contributed by atoms with Crippen molar-refractivity contribution in [1.82, 2.24) is 0 Å². The third kappa shape index (κ3) is 2.77. The Morgan fingerprint density at radius 2 is 1.50 bits per heavy atom. The molecule has 0 spiro atoms. The number of benzene rings is 2. The van der Waals surface area contributed by atoms with E-state index in [1.165, 1.54) is 0 Å². The Balaban J connectivity index is 2.19. The van der Waals surface area contributed by atoms with Gasteiger partial charge < -0.3 is 9.84 Å². The van der Waals surface area contributed by atoms with Crippen LogP contribution in [0.15, 0.2) is 61.2 Å². The molecule has 0 bridgehead atoms. The number of phenols is 1. The molecule has 0 amide bonds. The zero-order valence-corrected chi connectivity index (χ0v) is 9.67. The largest absolute Gasteiger partial charge is 0.508 e. The van der Waals surface area contributed by atoms with Crippen LogP contribution in [0.1, 0.15) is 0 Å². The normalized spacial score (nSPS) is 9.78. The number of hydrogen-bond acceptors (Lipinski definition) is 3. The fourth-order valence-electron chi connectivity index (χ4n) is 1.53. The molecule has 0 fully saturated rings. The van der Waals surface area contributed by atoms with Gasteiger partial charge >= 0.3 is 5.97 Å². The summed E-state index contributed by atoms with van der Waals surface area (Å²) in [5.74, 6) is 0.227. The average molecular weight is 240 g/mol. The minimum absolute atomic E-state index is 0.232. The monoisotopic (exact) mass is 240 g/mol. The second-order valence-electron chi connectivity index (χ2n) is 3.70. The van der Waals surface area contributed by atoms with E-state index < -0.39 is 5.97 Å². The highest BCUT2D eigenvalue weighted by Crippen LogP contribution is 2.24. The van der Waals surface area contributed by atoms with Gasteiger partial charge in [-0.2, -0.15) is 0 Å². The summed E-state index contributed by atoms with van der Waals surface area (Å²) in [7, 11) is 0. The van der Waals surface area contributed by atoms with Crippen LogP contribution >= 0.6 is 0 Å². The maximum absolute atomic E-state index is 11.0. The lowest BCUT2D eigenvalue weighted by atomic mass is 10.1. The van der Waals surface area contributed by atoms with Crippen LogP contribution < -0.4 is 4.74 Å². The summed E-state index contributed by atoms with van der Waals surface area (Å²) in [6.07, 6.45) is 1.12. The highest BCUT2D eigenvalue weighted by atomic mass is 16.5. The van der Waals surface area contributed by atoms with Gasteiger partial charge in [0.15, 0.2) is 0 Å². The SMILES string of the molecule is C=CC(=O)Oc1ccc(-c2ccc(O)cc2)cc1. The summed E-state index contributed by atoms with van der Waals surface area (Å²) in [5, 5.41) is 9.21. The van der Waals surface area contributed by atoms with Gasteiger partial charge in [-0.3, -0.25) is 0 Å². The van der Waals surface area contributed by atoms with Gasteiger partial charge in [-0.05, 0) is 35.4 Å². The maximum atomic E-state index is 11.0. The van der Waals surface area contributed by atoms with Crippen LogP contribution in [0.4, 0.5) is 0 Å². The third-order valence-electron chi connectivity index (χ3n) is 2.44. The van der Waals surface area contributed by atoms with Crippen molar-refractivity contribution in [2.24, 2.45) is 0 Å². The van der Waals surface area contributed by atoms with Gasteiger partial charge in [-0.25, -0.2) is 4.79 Å². The molecule has 2 aromatic rings. The van der Waals surface area contributed by atoms with E-state index in [0.717, 1.165) is 17.2 Å². The summed E-state index contributed by atoms with van der Waals surface area (Å²) in [4.78, 5) is 11.0. The Bertz CT molecular complexity index is 553. The fourth-order valence-corrected chi connectivity index (χ4v) is 1.53. The molecular formula is C15H12O3. The maximum Gasteiger partial charge on any atom is 0.335 e. The lowest BCUT2D eigenvalue weighted by Gasteiger charge is -2.04. The molecule has 0 aliphatic heterocycles. The van der Waals surface area contributed by atoms with E-state index in [1.54, 1.807) is 24.3 Å². The molecule has 3 heteroatoms. The standard InChI is InChI=1S/C15H12O3/c1-2-15(17)18-14-9-5-12(6-10-14)11-3-7-13(16)8-4-11/h2-10,16H,1H2. The number of hydrogen-bond donors (Lipinski definition) is 1. The number of carbonyl (C=O) groups is 1. The molecule has 18 heavy (non-hydrogen) atoms. The van der Waals surface area contributed by atoms with Gasteiger partial charge in [0.1, 0.15) is 11.5 Å². The molecule has 0 radical (unpaired) electrons. The first-order valence-electron chi connectivity index (χ1n) is 5.43. The molecule has 0 unspecified atom stereocenters. The number of phenolic OH excluding ortho intramolecular Hbond substituents is 1. The van der Waals surface area contributed by atoms with Crippen molar-refractivity contribution in [3.05, 3.63) is 61.2 Å². The van der Waals surface area contributed by atoms with E-state index in [9.17, 15) is 9.90 Å². The average Bonchev–Trinajstić information content (AvgIpc) is 2.40. The molecule has 0 aliphatic carbocycles. The molecule has 0 aromatic heterocycles. The van der Waals surface area contributed by atoms with Crippen LogP contribution in [0.25, 0.3) is 11.1 Å². The molecule has 90 valence electrons. The predicted molar refractivity (Wildman–Crippen MR) is 69.4 cm³/mol. The van der Waals surface area contributed by atoms with Crippen molar-refractivity contribution in [2.75, 3.05) is 0 Å². The Kier molecular flexibility index (Phi) is 3.44. The number of esters is 1. The molecule has 0 saturated heterocycles.